The predicted octanol–water partition coefficient (Wildman–Crippen LogP) is 5.25. The minimum Gasteiger partial charge on any atom is -0.492 e. The molecule has 0 heterocycles. The fourth-order valence-electron chi connectivity index (χ4n) is 4.55. The lowest BCUT2D eigenvalue weighted by molar-refractivity contribution is -0.140. The van der Waals surface area contributed by atoms with Crippen molar-refractivity contribution in [1.29, 1.82) is 0 Å². The highest BCUT2D eigenvalue weighted by atomic mass is 32.2. The number of rotatable bonds is 14. The number of hydrogen-bond acceptors (Lipinski definition) is 6. The van der Waals surface area contributed by atoms with Gasteiger partial charge in [-0.1, -0.05) is 48.9 Å². The van der Waals surface area contributed by atoms with Crippen LogP contribution in [0.1, 0.15) is 38.3 Å². The molecule has 0 radical (unpaired) electrons. The van der Waals surface area contributed by atoms with Gasteiger partial charge in [-0.3, -0.25) is 13.9 Å². The van der Waals surface area contributed by atoms with E-state index in [1.54, 1.807) is 36.4 Å². The molecule has 8 nitrogen and oxygen atoms in total. The Bertz CT molecular complexity index is 1430. The smallest absolute Gasteiger partial charge is 0.264 e. The van der Waals surface area contributed by atoms with Gasteiger partial charge in [-0.2, -0.15) is 0 Å². The molecular weight excluding hydrogens is 558 g/mol. The Morgan fingerprint density at radius 1 is 0.976 bits per heavy atom. The fourth-order valence-corrected chi connectivity index (χ4v) is 6.38. The number of likely N-dealkylation sites (N-methyl/N-ethyl adjacent to an activating group) is 1. The monoisotopic (exact) mass is 597 g/mol. The number of hydrogen-bond donors (Lipinski definition) is 1. The van der Waals surface area contributed by atoms with E-state index in [0.29, 0.717) is 25.3 Å². The summed E-state index contributed by atoms with van der Waals surface area (Å²) in [6.45, 7) is 7.78. The lowest BCUT2D eigenvalue weighted by Gasteiger charge is -2.33. The van der Waals surface area contributed by atoms with Crippen LogP contribution >= 0.6 is 11.8 Å². The average Bonchev–Trinajstić information content (AvgIpc) is 2.96. The SMILES string of the molecule is CCNC(=O)[C@@H](CC)N(Cc1cccc(C)c1)C(=O)CN(c1ccccc1OCC)S(=O)(=O)c1ccc(SC)cc1. The number of carbonyl (C=O) groups excluding carboxylic acids is 2. The van der Waals surface area contributed by atoms with Gasteiger partial charge in [-0.15, -0.1) is 11.8 Å². The molecule has 0 bridgehead atoms. The van der Waals surface area contributed by atoms with E-state index in [1.165, 1.54) is 28.8 Å². The first-order valence-electron chi connectivity index (χ1n) is 13.7. The maximum absolute atomic E-state index is 14.2. The summed E-state index contributed by atoms with van der Waals surface area (Å²) in [5.41, 5.74) is 2.11. The molecule has 41 heavy (non-hydrogen) atoms. The van der Waals surface area contributed by atoms with Crippen LogP contribution in [0.2, 0.25) is 0 Å². The van der Waals surface area contributed by atoms with Crippen LogP contribution in [-0.2, 0) is 26.2 Å². The van der Waals surface area contributed by atoms with Gasteiger partial charge in [-0.05, 0) is 75.4 Å². The second kappa shape index (κ2) is 14.9. The summed E-state index contributed by atoms with van der Waals surface area (Å²) >= 11 is 1.50. The number of carbonyl (C=O) groups is 2. The topological polar surface area (TPSA) is 96.0 Å². The second-order valence-corrected chi connectivity index (χ2v) is 12.2. The summed E-state index contributed by atoms with van der Waals surface area (Å²) in [5.74, 6) is -0.443. The molecule has 0 saturated carbocycles. The van der Waals surface area contributed by atoms with Gasteiger partial charge in [0, 0.05) is 18.0 Å². The van der Waals surface area contributed by atoms with E-state index in [-0.39, 0.29) is 23.0 Å². The highest BCUT2D eigenvalue weighted by Crippen LogP contribution is 2.33. The van der Waals surface area contributed by atoms with Crippen molar-refractivity contribution < 1.29 is 22.7 Å². The minimum absolute atomic E-state index is 0.0513. The molecule has 2 amide bonds. The van der Waals surface area contributed by atoms with E-state index in [2.05, 4.69) is 5.32 Å². The average molecular weight is 598 g/mol. The molecule has 1 atom stereocenters. The molecule has 0 fully saturated rings. The largest absolute Gasteiger partial charge is 0.492 e. The van der Waals surface area contributed by atoms with Crippen LogP contribution in [0.5, 0.6) is 5.75 Å². The normalized spacial score (nSPS) is 11.9. The number of ether oxygens (including phenoxy) is 1. The molecule has 0 aliphatic heterocycles. The first kappa shape index (κ1) is 32.0. The van der Waals surface area contributed by atoms with Crippen molar-refractivity contribution in [1.82, 2.24) is 10.2 Å². The van der Waals surface area contributed by atoms with Gasteiger partial charge in [0.15, 0.2) is 0 Å². The zero-order valence-corrected chi connectivity index (χ0v) is 25.9. The van der Waals surface area contributed by atoms with Crippen molar-refractivity contribution in [2.24, 2.45) is 0 Å². The maximum atomic E-state index is 14.2. The van der Waals surface area contributed by atoms with Gasteiger partial charge in [0.25, 0.3) is 10.0 Å². The molecule has 0 spiro atoms. The lowest BCUT2D eigenvalue weighted by Crippen LogP contribution is -2.52. The quantitative estimate of drug-likeness (QED) is 0.255. The molecule has 3 rings (SSSR count). The predicted molar refractivity (Wildman–Crippen MR) is 165 cm³/mol. The van der Waals surface area contributed by atoms with Crippen LogP contribution < -0.4 is 14.4 Å². The number of nitrogens with zero attached hydrogens (tertiary/aromatic N) is 2. The summed E-state index contributed by atoms with van der Waals surface area (Å²) in [6.07, 6.45) is 2.27. The molecule has 10 heteroatoms. The molecule has 0 aliphatic rings. The van der Waals surface area contributed by atoms with Gasteiger partial charge < -0.3 is 15.0 Å². The third-order valence-electron chi connectivity index (χ3n) is 6.53. The molecule has 0 unspecified atom stereocenters. The van der Waals surface area contributed by atoms with Crippen LogP contribution in [0.25, 0.3) is 0 Å². The van der Waals surface area contributed by atoms with Crippen molar-refractivity contribution >= 4 is 39.3 Å². The molecule has 3 aromatic rings. The Kier molecular flexibility index (Phi) is 11.7. The van der Waals surface area contributed by atoms with Crippen molar-refractivity contribution in [3.05, 3.63) is 83.9 Å². The standard InChI is InChI=1S/C31H39N3O5S2/c1-6-27(31(36)32-7-2)33(21-24-13-11-12-23(4)20-24)30(35)22-34(28-14-9-10-15-29(28)39-8-3)41(37,38)26-18-16-25(40-5)17-19-26/h9-20,27H,6-8,21-22H2,1-5H3,(H,32,36)/t27-/m1/s1. The highest BCUT2D eigenvalue weighted by Gasteiger charge is 2.34. The maximum Gasteiger partial charge on any atom is 0.264 e. The molecule has 0 aromatic heterocycles. The third-order valence-corrected chi connectivity index (χ3v) is 9.05. The molecule has 1 N–H and O–H groups in total. The van der Waals surface area contributed by atoms with E-state index in [0.717, 1.165) is 20.3 Å². The Morgan fingerprint density at radius 2 is 1.68 bits per heavy atom. The second-order valence-electron chi connectivity index (χ2n) is 9.42. The van der Waals surface area contributed by atoms with Gasteiger partial charge >= 0.3 is 0 Å². The van der Waals surface area contributed by atoms with E-state index in [1.807, 2.05) is 58.2 Å². The number of benzene rings is 3. The van der Waals surface area contributed by atoms with Crippen molar-refractivity contribution in [2.45, 2.75) is 56.5 Å². The van der Waals surface area contributed by atoms with Crippen molar-refractivity contribution in [3.63, 3.8) is 0 Å². The molecule has 3 aromatic carbocycles. The van der Waals surface area contributed by atoms with Crippen LogP contribution in [0.15, 0.2) is 82.6 Å². The number of amides is 2. The van der Waals surface area contributed by atoms with Crippen molar-refractivity contribution in [2.75, 3.05) is 30.3 Å². The van der Waals surface area contributed by atoms with E-state index in [4.69, 9.17) is 4.74 Å². The number of aryl methyl sites for hydroxylation is 1. The van der Waals surface area contributed by atoms with E-state index < -0.39 is 28.5 Å². The number of sulfonamides is 1. The van der Waals surface area contributed by atoms with Gasteiger partial charge in [0.05, 0.1) is 17.2 Å². The summed E-state index contributed by atoms with van der Waals surface area (Å²) < 4.78 is 35.1. The lowest BCUT2D eigenvalue weighted by atomic mass is 10.1. The van der Waals surface area contributed by atoms with Crippen molar-refractivity contribution in [3.8, 4) is 5.75 Å². The number of anilines is 1. The zero-order chi connectivity index (χ0) is 30.0. The zero-order valence-electron chi connectivity index (χ0n) is 24.3. The summed E-state index contributed by atoms with van der Waals surface area (Å²) in [4.78, 5) is 29.7. The van der Waals surface area contributed by atoms with Gasteiger partial charge in [0.1, 0.15) is 18.3 Å². The molecular formula is C31H39N3O5S2. The Labute approximate surface area is 248 Å². The number of para-hydroxylation sites is 2. The Hall–Kier alpha value is -3.50. The van der Waals surface area contributed by atoms with Gasteiger partial charge in [-0.25, -0.2) is 8.42 Å². The minimum atomic E-state index is -4.19. The molecule has 0 saturated heterocycles. The van der Waals surface area contributed by atoms with E-state index >= 15 is 0 Å². The summed E-state index contributed by atoms with van der Waals surface area (Å²) in [6, 6.07) is 20.2. The summed E-state index contributed by atoms with van der Waals surface area (Å²) in [5, 5.41) is 2.82. The molecule has 0 aliphatic carbocycles. The fraction of sp³-hybridized carbons (Fsp3) is 0.355. The highest BCUT2D eigenvalue weighted by molar-refractivity contribution is 7.98. The molecule has 220 valence electrons. The van der Waals surface area contributed by atoms with Crippen LogP contribution in [0, 0.1) is 6.92 Å². The number of nitrogens with one attached hydrogen (secondary N) is 1. The van der Waals surface area contributed by atoms with Crippen LogP contribution in [0.4, 0.5) is 5.69 Å². The third kappa shape index (κ3) is 8.04. The first-order chi connectivity index (χ1) is 19.7. The number of thioether (sulfide) groups is 1. The van der Waals surface area contributed by atoms with E-state index in [9.17, 15) is 18.0 Å². The van der Waals surface area contributed by atoms with Crippen LogP contribution in [-0.4, -0.2) is 57.1 Å². The van der Waals surface area contributed by atoms with Gasteiger partial charge in [0.2, 0.25) is 11.8 Å². The first-order valence-corrected chi connectivity index (χ1v) is 16.3. The Balaban J connectivity index is 2.11. The Morgan fingerprint density at radius 3 is 2.29 bits per heavy atom. The summed E-state index contributed by atoms with van der Waals surface area (Å²) in [7, 11) is -4.19. The van der Waals surface area contributed by atoms with Crippen LogP contribution in [0.3, 0.4) is 0 Å².